The van der Waals surface area contributed by atoms with Crippen LogP contribution in [0.5, 0.6) is 0 Å². The average Bonchev–Trinajstić information content (AvgIpc) is 2.40. The number of allylic oxidation sites excluding steroid dienone is 2. The van der Waals surface area contributed by atoms with Gasteiger partial charge in [-0.05, 0) is 61.2 Å². The van der Waals surface area contributed by atoms with Crippen molar-refractivity contribution in [1.82, 2.24) is 0 Å². The van der Waals surface area contributed by atoms with E-state index < -0.39 is 0 Å². The van der Waals surface area contributed by atoms with Crippen LogP contribution in [0.4, 0.5) is 0 Å². The van der Waals surface area contributed by atoms with Crippen LogP contribution in [0.3, 0.4) is 0 Å². The second kappa shape index (κ2) is 2.70. The predicted octanol–water partition coefficient (Wildman–Crippen LogP) is 4.42. The topological polar surface area (TPSA) is 0 Å². The molecule has 84 valence electrons. The monoisotopic (exact) mass is 204 g/mol. The molecule has 4 unspecified atom stereocenters. The molecule has 15 heavy (non-hydrogen) atoms. The van der Waals surface area contributed by atoms with Crippen LogP contribution in [0.15, 0.2) is 11.6 Å². The van der Waals surface area contributed by atoms with Gasteiger partial charge in [0.05, 0.1) is 0 Å². The molecular weight excluding hydrogens is 180 g/mol. The second-order valence-electron chi connectivity index (χ2n) is 7.04. The quantitative estimate of drug-likeness (QED) is 0.513. The first-order valence-corrected chi connectivity index (χ1v) is 6.66. The van der Waals surface area contributed by atoms with Crippen molar-refractivity contribution in [3.63, 3.8) is 0 Å². The summed E-state index contributed by atoms with van der Waals surface area (Å²) in [7, 11) is 0. The van der Waals surface area contributed by atoms with E-state index in [9.17, 15) is 0 Å². The molecule has 0 amide bonds. The van der Waals surface area contributed by atoms with Gasteiger partial charge in [0.25, 0.3) is 0 Å². The molecule has 0 aliphatic heterocycles. The summed E-state index contributed by atoms with van der Waals surface area (Å²) in [6.07, 6.45) is 8.29. The van der Waals surface area contributed by atoms with Gasteiger partial charge in [0.2, 0.25) is 0 Å². The molecule has 3 aliphatic rings. The Kier molecular flexibility index (Phi) is 1.79. The van der Waals surface area contributed by atoms with Gasteiger partial charge in [0.1, 0.15) is 0 Å². The summed E-state index contributed by atoms with van der Waals surface area (Å²) in [5.74, 6) is 2.97. The molecule has 0 aromatic rings. The van der Waals surface area contributed by atoms with Crippen molar-refractivity contribution >= 4 is 0 Å². The molecule has 0 saturated heterocycles. The standard InChI is InChI=1S/C15H24/c1-10-8-13-14(3,4)9-15(13)11(2)6-5-7-12(10)15/h6,10,12-13H,5,7-9H2,1-4H3. The van der Waals surface area contributed by atoms with Crippen LogP contribution in [0, 0.1) is 28.6 Å². The highest BCUT2D eigenvalue weighted by molar-refractivity contribution is 5.30. The molecule has 0 bridgehead atoms. The molecule has 0 N–H and O–H groups in total. The van der Waals surface area contributed by atoms with Gasteiger partial charge in [0, 0.05) is 0 Å². The van der Waals surface area contributed by atoms with Gasteiger partial charge in [-0.25, -0.2) is 0 Å². The summed E-state index contributed by atoms with van der Waals surface area (Å²) in [5, 5.41) is 0. The molecule has 3 rings (SSSR count). The molecule has 0 aromatic heterocycles. The van der Waals surface area contributed by atoms with Crippen LogP contribution < -0.4 is 0 Å². The molecule has 1 spiro atoms. The lowest BCUT2D eigenvalue weighted by Crippen LogP contribution is -2.54. The molecule has 2 saturated carbocycles. The van der Waals surface area contributed by atoms with Crippen LogP contribution in [-0.4, -0.2) is 0 Å². The maximum atomic E-state index is 2.54. The Hall–Kier alpha value is -0.260. The summed E-state index contributed by atoms with van der Waals surface area (Å²) < 4.78 is 0. The van der Waals surface area contributed by atoms with Crippen molar-refractivity contribution in [2.75, 3.05) is 0 Å². The van der Waals surface area contributed by atoms with E-state index in [0.29, 0.717) is 10.8 Å². The maximum absolute atomic E-state index is 2.54. The number of hydrogen-bond donors (Lipinski definition) is 0. The first kappa shape index (κ1) is 9.93. The average molecular weight is 204 g/mol. The lowest BCUT2D eigenvalue weighted by atomic mass is 9.42. The Bertz CT molecular complexity index is 323. The van der Waals surface area contributed by atoms with Crippen LogP contribution in [0.25, 0.3) is 0 Å². The fourth-order valence-electron chi connectivity index (χ4n) is 5.45. The van der Waals surface area contributed by atoms with Crippen LogP contribution in [-0.2, 0) is 0 Å². The minimum Gasteiger partial charge on any atom is -0.0850 e. The molecule has 0 radical (unpaired) electrons. The Balaban J connectivity index is 2.04. The normalized spacial score (nSPS) is 51.5. The van der Waals surface area contributed by atoms with Gasteiger partial charge in [-0.1, -0.05) is 32.4 Å². The summed E-state index contributed by atoms with van der Waals surface area (Å²) in [6, 6.07) is 0. The predicted molar refractivity (Wildman–Crippen MR) is 64.6 cm³/mol. The summed E-state index contributed by atoms with van der Waals surface area (Å²) in [6.45, 7) is 9.88. The van der Waals surface area contributed by atoms with Crippen molar-refractivity contribution in [1.29, 1.82) is 0 Å². The summed E-state index contributed by atoms with van der Waals surface area (Å²) in [5.41, 5.74) is 3.02. The van der Waals surface area contributed by atoms with Crippen molar-refractivity contribution in [2.24, 2.45) is 28.6 Å². The van der Waals surface area contributed by atoms with Gasteiger partial charge in [-0.15, -0.1) is 0 Å². The Morgan fingerprint density at radius 1 is 1.33 bits per heavy atom. The third-order valence-corrected chi connectivity index (χ3v) is 5.93. The number of rotatable bonds is 0. The van der Waals surface area contributed by atoms with Crippen LogP contribution >= 0.6 is 0 Å². The molecule has 0 aromatic carbocycles. The van der Waals surface area contributed by atoms with Gasteiger partial charge >= 0.3 is 0 Å². The van der Waals surface area contributed by atoms with E-state index in [-0.39, 0.29) is 0 Å². The fraction of sp³-hybridized carbons (Fsp3) is 0.867. The SMILES string of the molecule is CC1=CCCC2C(C)CC3C(C)(C)CC123. The first-order valence-electron chi connectivity index (χ1n) is 6.66. The highest BCUT2D eigenvalue weighted by Gasteiger charge is 2.67. The number of hydrogen-bond acceptors (Lipinski definition) is 0. The van der Waals surface area contributed by atoms with Gasteiger partial charge in [0.15, 0.2) is 0 Å². The van der Waals surface area contributed by atoms with Crippen molar-refractivity contribution in [3.05, 3.63) is 11.6 Å². The van der Waals surface area contributed by atoms with E-state index in [2.05, 4.69) is 33.8 Å². The highest BCUT2D eigenvalue weighted by atomic mass is 14.7. The van der Waals surface area contributed by atoms with Gasteiger partial charge in [-0.3, -0.25) is 0 Å². The Labute approximate surface area is 94.1 Å². The molecule has 0 heteroatoms. The Morgan fingerprint density at radius 2 is 2.07 bits per heavy atom. The van der Waals surface area contributed by atoms with Crippen LogP contribution in [0.2, 0.25) is 0 Å². The zero-order chi connectivity index (χ0) is 10.8. The smallest absolute Gasteiger partial charge is 0.00214 e. The maximum Gasteiger partial charge on any atom is -0.00214 e. The third kappa shape index (κ3) is 0.990. The van der Waals surface area contributed by atoms with Crippen LogP contribution in [0.1, 0.15) is 53.4 Å². The summed E-state index contributed by atoms with van der Waals surface area (Å²) in [4.78, 5) is 0. The molecule has 4 atom stereocenters. The first-order chi connectivity index (χ1) is 6.98. The molecule has 0 nitrogen and oxygen atoms in total. The zero-order valence-corrected chi connectivity index (χ0v) is 10.6. The minimum absolute atomic E-state index is 0.620. The van der Waals surface area contributed by atoms with E-state index >= 15 is 0 Å². The van der Waals surface area contributed by atoms with E-state index in [1.807, 2.05) is 0 Å². The molecular formula is C15H24. The zero-order valence-electron chi connectivity index (χ0n) is 10.6. The van der Waals surface area contributed by atoms with E-state index in [0.717, 1.165) is 17.8 Å². The second-order valence-corrected chi connectivity index (χ2v) is 7.04. The largest absolute Gasteiger partial charge is 0.0850 e. The van der Waals surface area contributed by atoms with Crippen molar-refractivity contribution in [2.45, 2.75) is 53.4 Å². The van der Waals surface area contributed by atoms with E-state index in [1.165, 1.54) is 25.7 Å². The lowest BCUT2D eigenvalue weighted by molar-refractivity contribution is -0.0843. The highest BCUT2D eigenvalue weighted by Crippen LogP contribution is 2.74. The van der Waals surface area contributed by atoms with E-state index in [1.54, 1.807) is 5.57 Å². The summed E-state index contributed by atoms with van der Waals surface area (Å²) >= 11 is 0. The molecule has 2 fully saturated rings. The minimum atomic E-state index is 0.620. The molecule has 0 heterocycles. The molecule has 3 aliphatic carbocycles. The van der Waals surface area contributed by atoms with E-state index in [4.69, 9.17) is 0 Å². The van der Waals surface area contributed by atoms with Crippen molar-refractivity contribution < 1.29 is 0 Å². The Morgan fingerprint density at radius 3 is 2.73 bits per heavy atom. The third-order valence-electron chi connectivity index (χ3n) is 5.93. The van der Waals surface area contributed by atoms with Gasteiger partial charge < -0.3 is 0 Å². The van der Waals surface area contributed by atoms with Gasteiger partial charge in [-0.2, -0.15) is 0 Å². The lowest BCUT2D eigenvalue weighted by Gasteiger charge is -2.62. The fourth-order valence-corrected chi connectivity index (χ4v) is 5.45. The van der Waals surface area contributed by atoms with Crippen molar-refractivity contribution in [3.8, 4) is 0 Å².